The quantitative estimate of drug-likeness (QED) is 0.348. The van der Waals surface area contributed by atoms with Gasteiger partial charge >= 0.3 is 0 Å². The van der Waals surface area contributed by atoms with Crippen molar-refractivity contribution in [3.8, 4) is 0 Å². The largest absolute Gasteiger partial charge is 0.396 e. The molecule has 5 nitrogen and oxygen atoms in total. The zero-order valence-corrected chi connectivity index (χ0v) is 10.4. The van der Waals surface area contributed by atoms with Crippen LogP contribution in [0.3, 0.4) is 0 Å². The number of aliphatic hydroxyl groups is 1. The van der Waals surface area contributed by atoms with E-state index in [4.69, 9.17) is 20.3 Å². The summed E-state index contributed by atoms with van der Waals surface area (Å²) in [4.78, 5) is 0. The molecule has 0 heterocycles. The van der Waals surface area contributed by atoms with Crippen LogP contribution in [0.25, 0.3) is 0 Å². The summed E-state index contributed by atoms with van der Waals surface area (Å²) in [6, 6.07) is 0.221. The van der Waals surface area contributed by atoms with Gasteiger partial charge in [-0.1, -0.05) is 0 Å². The van der Waals surface area contributed by atoms with Crippen molar-refractivity contribution in [1.29, 1.82) is 0 Å². The second-order valence-electron chi connectivity index (χ2n) is 3.81. The van der Waals surface area contributed by atoms with Crippen molar-refractivity contribution in [2.45, 2.75) is 38.0 Å². The molecule has 0 aromatic heterocycles. The number of unbranched alkanes of at least 4 members (excludes halogenated alkanes) is 2. The Kier molecular flexibility index (Phi) is 11.1. The number of nitrogens with one attached hydrogen (secondary N) is 1. The number of aliphatic hydroxyl groups excluding tert-OH is 1. The van der Waals surface area contributed by atoms with Crippen molar-refractivity contribution in [1.82, 2.24) is 5.32 Å². The minimum Gasteiger partial charge on any atom is -0.396 e. The summed E-state index contributed by atoms with van der Waals surface area (Å²) in [5, 5.41) is 12.0. The summed E-state index contributed by atoms with van der Waals surface area (Å²) in [5.41, 5.74) is 5.66. The van der Waals surface area contributed by atoms with Crippen LogP contribution >= 0.6 is 0 Å². The predicted molar refractivity (Wildman–Crippen MR) is 64.2 cm³/mol. The molecule has 0 aliphatic rings. The van der Waals surface area contributed by atoms with Gasteiger partial charge in [0.25, 0.3) is 0 Å². The first-order chi connectivity index (χ1) is 7.78. The molecular formula is C11H26N2O3. The first-order valence-electron chi connectivity index (χ1n) is 5.88. The highest BCUT2D eigenvalue weighted by Gasteiger charge is 2.13. The number of rotatable bonds is 11. The van der Waals surface area contributed by atoms with Crippen LogP contribution in [0.5, 0.6) is 0 Å². The van der Waals surface area contributed by atoms with Crippen LogP contribution in [0, 0.1) is 0 Å². The molecule has 0 amide bonds. The van der Waals surface area contributed by atoms with E-state index in [9.17, 15) is 0 Å². The van der Waals surface area contributed by atoms with Crippen molar-refractivity contribution in [3.63, 3.8) is 0 Å². The zero-order valence-electron chi connectivity index (χ0n) is 10.4. The second kappa shape index (κ2) is 11.3. The first kappa shape index (κ1) is 15.8. The third-order valence-corrected chi connectivity index (χ3v) is 2.56. The lowest BCUT2D eigenvalue weighted by atomic mass is 10.2. The molecule has 0 aliphatic heterocycles. The number of hydrogen-bond acceptors (Lipinski definition) is 5. The predicted octanol–water partition coefficient (Wildman–Crippen LogP) is 0.0749. The summed E-state index contributed by atoms with van der Waals surface area (Å²) in [6.45, 7) is 1.76. The number of nitrogens with two attached hydrogens (primary N) is 1. The monoisotopic (exact) mass is 234 g/mol. The highest BCUT2D eigenvalue weighted by molar-refractivity contribution is 4.69. The van der Waals surface area contributed by atoms with Crippen LogP contribution in [0.2, 0.25) is 0 Å². The molecule has 1 atom stereocenters. The highest BCUT2D eigenvalue weighted by atomic mass is 16.7. The van der Waals surface area contributed by atoms with E-state index >= 15 is 0 Å². The van der Waals surface area contributed by atoms with Crippen LogP contribution in [-0.4, -0.2) is 51.4 Å². The van der Waals surface area contributed by atoms with Gasteiger partial charge in [-0.3, -0.25) is 0 Å². The summed E-state index contributed by atoms with van der Waals surface area (Å²) < 4.78 is 10.3. The SMILES string of the molecule is COC(CC(CN)NCCCCCO)OC. The molecule has 4 N–H and O–H groups in total. The molecule has 0 saturated heterocycles. The van der Waals surface area contributed by atoms with Gasteiger partial charge in [-0.15, -0.1) is 0 Å². The molecule has 1 unspecified atom stereocenters. The fourth-order valence-corrected chi connectivity index (χ4v) is 1.50. The number of ether oxygens (including phenoxy) is 2. The molecule has 0 fully saturated rings. The van der Waals surface area contributed by atoms with Gasteiger partial charge < -0.3 is 25.6 Å². The summed E-state index contributed by atoms with van der Waals surface area (Å²) >= 11 is 0. The molecule has 0 bridgehead atoms. The van der Waals surface area contributed by atoms with Crippen molar-refractivity contribution in [2.75, 3.05) is 33.9 Å². The van der Waals surface area contributed by atoms with Crippen molar-refractivity contribution < 1.29 is 14.6 Å². The summed E-state index contributed by atoms with van der Waals surface area (Å²) in [6.07, 6.45) is 3.52. The molecule has 0 aliphatic carbocycles. The van der Waals surface area contributed by atoms with Crippen LogP contribution in [-0.2, 0) is 9.47 Å². The van der Waals surface area contributed by atoms with E-state index in [1.807, 2.05) is 0 Å². The number of hydrogen-bond donors (Lipinski definition) is 3. The molecule has 0 rings (SSSR count). The maximum Gasteiger partial charge on any atom is 0.158 e. The van der Waals surface area contributed by atoms with Crippen molar-refractivity contribution in [2.24, 2.45) is 5.73 Å². The molecular weight excluding hydrogens is 208 g/mol. The fourth-order valence-electron chi connectivity index (χ4n) is 1.50. The van der Waals surface area contributed by atoms with Gasteiger partial charge in [-0.05, 0) is 25.8 Å². The van der Waals surface area contributed by atoms with Crippen molar-refractivity contribution in [3.05, 3.63) is 0 Å². The Morgan fingerprint density at radius 2 is 1.88 bits per heavy atom. The van der Waals surface area contributed by atoms with Gasteiger partial charge in [0, 0.05) is 39.8 Å². The Hall–Kier alpha value is -0.200. The molecule has 0 aromatic rings. The molecule has 98 valence electrons. The smallest absolute Gasteiger partial charge is 0.158 e. The van der Waals surface area contributed by atoms with Gasteiger partial charge in [0.05, 0.1) is 0 Å². The van der Waals surface area contributed by atoms with Crippen LogP contribution in [0.4, 0.5) is 0 Å². The van der Waals surface area contributed by atoms with Gasteiger partial charge in [0.2, 0.25) is 0 Å². The average molecular weight is 234 g/mol. The molecule has 0 saturated carbocycles. The van der Waals surface area contributed by atoms with Crippen LogP contribution in [0.15, 0.2) is 0 Å². The third-order valence-electron chi connectivity index (χ3n) is 2.56. The highest BCUT2D eigenvalue weighted by Crippen LogP contribution is 2.02. The second-order valence-corrected chi connectivity index (χ2v) is 3.81. The Morgan fingerprint density at radius 3 is 2.38 bits per heavy atom. The Bertz CT molecular complexity index is 143. The van der Waals surface area contributed by atoms with Gasteiger partial charge in [0.15, 0.2) is 6.29 Å². The molecule has 5 heteroatoms. The van der Waals surface area contributed by atoms with Gasteiger partial charge in [-0.25, -0.2) is 0 Å². The van der Waals surface area contributed by atoms with Crippen molar-refractivity contribution >= 4 is 0 Å². The minimum absolute atomic E-state index is 0.196. The minimum atomic E-state index is -0.196. The molecule has 0 aromatic carbocycles. The fraction of sp³-hybridized carbons (Fsp3) is 1.00. The van der Waals surface area contributed by atoms with E-state index < -0.39 is 0 Å². The third kappa shape index (κ3) is 8.01. The molecule has 16 heavy (non-hydrogen) atoms. The lowest BCUT2D eigenvalue weighted by Crippen LogP contribution is -2.40. The standard InChI is InChI=1S/C11H26N2O3/c1-15-11(16-2)8-10(9-12)13-6-4-3-5-7-14/h10-11,13-14H,3-9,12H2,1-2H3. The Morgan fingerprint density at radius 1 is 1.19 bits per heavy atom. The molecule has 0 radical (unpaired) electrons. The van der Waals surface area contributed by atoms with Gasteiger partial charge in [-0.2, -0.15) is 0 Å². The van der Waals surface area contributed by atoms with Gasteiger partial charge in [0.1, 0.15) is 0 Å². The van der Waals surface area contributed by atoms with E-state index in [1.54, 1.807) is 14.2 Å². The Labute approximate surface area is 98.3 Å². The summed E-state index contributed by atoms with van der Waals surface area (Å²) in [7, 11) is 3.26. The lowest BCUT2D eigenvalue weighted by molar-refractivity contribution is -0.110. The van der Waals surface area contributed by atoms with E-state index in [-0.39, 0.29) is 18.9 Å². The van der Waals surface area contributed by atoms with E-state index in [0.29, 0.717) is 6.54 Å². The normalized spacial score (nSPS) is 13.3. The lowest BCUT2D eigenvalue weighted by Gasteiger charge is -2.21. The van der Waals surface area contributed by atoms with E-state index in [1.165, 1.54) is 0 Å². The molecule has 0 spiro atoms. The van der Waals surface area contributed by atoms with Crippen LogP contribution in [0.1, 0.15) is 25.7 Å². The first-order valence-corrected chi connectivity index (χ1v) is 5.88. The average Bonchev–Trinajstić information content (AvgIpc) is 2.33. The maximum absolute atomic E-state index is 8.63. The van der Waals surface area contributed by atoms with E-state index in [2.05, 4.69) is 5.32 Å². The number of methoxy groups -OCH3 is 2. The topological polar surface area (TPSA) is 76.7 Å². The van der Waals surface area contributed by atoms with Crippen LogP contribution < -0.4 is 11.1 Å². The maximum atomic E-state index is 8.63. The zero-order chi connectivity index (χ0) is 12.2. The summed E-state index contributed by atoms with van der Waals surface area (Å²) in [5.74, 6) is 0. The van der Waals surface area contributed by atoms with E-state index in [0.717, 1.165) is 32.2 Å². The Balaban J connectivity index is 3.57.